The van der Waals surface area contributed by atoms with Gasteiger partial charge in [0.25, 0.3) is 11.8 Å². The molecule has 0 saturated heterocycles. The number of hydrogen-bond acceptors (Lipinski definition) is 7. The molecule has 2 aromatic carbocycles. The van der Waals surface area contributed by atoms with Crippen molar-refractivity contribution >= 4 is 23.4 Å². The summed E-state index contributed by atoms with van der Waals surface area (Å²) in [5, 5.41) is 26.8. The van der Waals surface area contributed by atoms with Crippen LogP contribution in [0.1, 0.15) is 23.7 Å². The Kier molecular flexibility index (Phi) is 9.69. The van der Waals surface area contributed by atoms with Crippen LogP contribution >= 0.6 is 0 Å². The van der Waals surface area contributed by atoms with E-state index in [-0.39, 0.29) is 18.0 Å². The molecule has 0 unspecified atom stereocenters. The first-order valence-corrected chi connectivity index (χ1v) is 11.5. The Bertz CT molecular complexity index is 1130. The summed E-state index contributed by atoms with van der Waals surface area (Å²) in [7, 11) is 0. The molecule has 0 radical (unpaired) electrons. The fraction of sp³-hybridized carbons (Fsp3) is 0.280. The normalized spacial score (nSPS) is 12.4. The molecular formula is C25H30N6O5. The van der Waals surface area contributed by atoms with E-state index in [4.69, 9.17) is 5.21 Å². The topological polar surface area (TPSA) is 158 Å². The molecule has 0 aliphatic rings. The summed E-state index contributed by atoms with van der Waals surface area (Å²) in [5.74, 6) is -1.61. The smallest absolute Gasteiger partial charge is 0.268 e. The van der Waals surface area contributed by atoms with Crippen molar-refractivity contribution in [3.63, 3.8) is 0 Å². The minimum Gasteiger partial charge on any atom is -0.391 e. The summed E-state index contributed by atoms with van der Waals surface area (Å²) < 4.78 is 1.98. The van der Waals surface area contributed by atoms with Crippen LogP contribution < -0.4 is 21.4 Å². The average Bonchev–Trinajstić information content (AvgIpc) is 3.40. The number of amides is 3. The summed E-state index contributed by atoms with van der Waals surface area (Å²) in [6.07, 6.45) is 5.09. The lowest BCUT2D eigenvalue weighted by Crippen LogP contribution is -2.51. The molecule has 1 aromatic heterocycles. The summed E-state index contributed by atoms with van der Waals surface area (Å²) in [4.78, 5) is 40.2. The number of aromatic nitrogens is 2. The molecule has 6 N–H and O–H groups in total. The molecule has 0 saturated carbocycles. The van der Waals surface area contributed by atoms with Crippen molar-refractivity contribution in [1.29, 1.82) is 0 Å². The van der Waals surface area contributed by atoms with Gasteiger partial charge in [-0.2, -0.15) is 0 Å². The Morgan fingerprint density at radius 3 is 2.28 bits per heavy atom. The number of hydroxylamine groups is 1. The maximum absolute atomic E-state index is 12.4. The molecule has 3 rings (SSSR count). The molecule has 3 amide bonds. The van der Waals surface area contributed by atoms with Crippen molar-refractivity contribution in [2.24, 2.45) is 0 Å². The van der Waals surface area contributed by atoms with Gasteiger partial charge in [0.15, 0.2) is 0 Å². The van der Waals surface area contributed by atoms with Crippen molar-refractivity contribution in [3.05, 3.63) is 72.8 Å². The summed E-state index contributed by atoms with van der Waals surface area (Å²) in [6.45, 7) is 3.10. The highest BCUT2D eigenvalue weighted by Gasteiger charge is 2.25. The van der Waals surface area contributed by atoms with E-state index >= 15 is 0 Å². The van der Waals surface area contributed by atoms with Gasteiger partial charge in [0.2, 0.25) is 5.91 Å². The highest BCUT2D eigenvalue weighted by atomic mass is 16.5. The lowest BCUT2D eigenvalue weighted by molar-refractivity contribution is -0.133. The van der Waals surface area contributed by atoms with Crippen LogP contribution in [0.15, 0.2) is 67.3 Å². The molecule has 3 aromatic rings. The van der Waals surface area contributed by atoms with Gasteiger partial charge in [-0.15, -0.1) is 0 Å². The van der Waals surface area contributed by atoms with E-state index in [0.717, 1.165) is 24.1 Å². The number of aliphatic hydroxyl groups is 1. The molecule has 0 aliphatic heterocycles. The Morgan fingerprint density at radius 2 is 1.69 bits per heavy atom. The number of nitrogens with one attached hydrogen (secondary N) is 4. The highest BCUT2D eigenvalue weighted by molar-refractivity contribution is 5.98. The number of benzene rings is 2. The van der Waals surface area contributed by atoms with Gasteiger partial charge in [0.05, 0.1) is 19.0 Å². The van der Waals surface area contributed by atoms with Gasteiger partial charge < -0.3 is 25.6 Å². The Morgan fingerprint density at radius 1 is 1.03 bits per heavy atom. The van der Waals surface area contributed by atoms with Crippen LogP contribution in [-0.4, -0.2) is 62.8 Å². The van der Waals surface area contributed by atoms with Crippen molar-refractivity contribution in [3.8, 4) is 11.1 Å². The van der Waals surface area contributed by atoms with E-state index in [1.807, 2.05) is 22.9 Å². The third kappa shape index (κ3) is 7.73. The number of anilines is 1. The van der Waals surface area contributed by atoms with Crippen LogP contribution in [-0.2, 0) is 16.1 Å². The standard InChI is InChI=1S/C25H30N6O5/c1-17(32)23(25(35)30-36)29-24(34)20-5-3-18(4-6-20)19-7-9-21(10-8-19)28-22(33)15-26-11-2-13-31-14-12-27-16-31/h3-10,12,14,16-17,23,26,32,36H,2,11,13,15H2,1H3,(H,28,33)(H,29,34)(H,30,35)/t17-,23+/m1/s1. The van der Waals surface area contributed by atoms with E-state index in [1.54, 1.807) is 48.9 Å². The second-order valence-electron chi connectivity index (χ2n) is 8.20. The Hall–Kier alpha value is -4.06. The van der Waals surface area contributed by atoms with Crippen LogP contribution in [0.5, 0.6) is 0 Å². The second kappa shape index (κ2) is 13.1. The molecule has 0 bridgehead atoms. The SMILES string of the molecule is C[C@@H](O)[C@H](NC(=O)c1ccc(-c2ccc(NC(=O)CNCCCn3ccnc3)cc2)cc1)C(=O)NO. The molecule has 0 spiro atoms. The number of imidazole rings is 1. The highest BCUT2D eigenvalue weighted by Crippen LogP contribution is 2.22. The van der Waals surface area contributed by atoms with Crippen LogP contribution in [0, 0.1) is 0 Å². The number of carbonyl (C=O) groups excluding carboxylic acids is 3. The van der Waals surface area contributed by atoms with Gasteiger partial charge in [0, 0.05) is 30.2 Å². The maximum atomic E-state index is 12.4. The number of carbonyl (C=O) groups is 3. The quantitative estimate of drug-likeness (QED) is 0.125. The molecule has 1 heterocycles. The third-order valence-corrected chi connectivity index (χ3v) is 5.43. The lowest BCUT2D eigenvalue weighted by Gasteiger charge is -2.19. The molecule has 190 valence electrons. The zero-order valence-corrected chi connectivity index (χ0v) is 19.8. The van der Waals surface area contributed by atoms with Crippen LogP contribution in [0.2, 0.25) is 0 Å². The first kappa shape index (κ1) is 26.5. The lowest BCUT2D eigenvalue weighted by atomic mass is 10.0. The van der Waals surface area contributed by atoms with E-state index in [2.05, 4.69) is 20.9 Å². The molecule has 11 nitrogen and oxygen atoms in total. The first-order valence-electron chi connectivity index (χ1n) is 11.5. The zero-order chi connectivity index (χ0) is 25.9. The summed E-state index contributed by atoms with van der Waals surface area (Å²) >= 11 is 0. The van der Waals surface area contributed by atoms with E-state index < -0.39 is 24.0 Å². The number of aryl methyl sites for hydroxylation is 1. The molecular weight excluding hydrogens is 464 g/mol. The van der Waals surface area contributed by atoms with Crippen molar-refractivity contribution in [1.82, 2.24) is 25.7 Å². The minimum atomic E-state index is -1.29. The van der Waals surface area contributed by atoms with Gasteiger partial charge in [-0.05, 0) is 55.3 Å². The van der Waals surface area contributed by atoms with E-state index in [1.165, 1.54) is 12.4 Å². The maximum Gasteiger partial charge on any atom is 0.268 e. The van der Waals surface area contributed by atoms with E-state index in [9.17, 15) is 19.5 Å². The Balaban J connectivity index is 1.47. The molecule has 36 heavy (non-hydrogen) atoms. The number of rotatable bonds is 12. The van der Waals surface area contributed by atoms with Gasteiger partial charge >= 0.3 is 0 Å². The number of nitrogens with zero attached hydrogens (tertiary/aromatic N) is 2. The van der Waals surface area contributed by atoms with E-state index in [0.29, 0.717) is 12.2 Å². The van der Waals surface area contributed by atoms with Crippen molar-refractivity contribution in [2.75, 3.05) is 18.4 Å². The largest absolute Gasteiger partial charge is 0.391 e. The van der Waals surface area contributed by atoms with Gasteiger partial charge in [-0.3, -0.25) is 19.6 Å². The zero-order valence-electron chi connectivity index (χ0n) is 19.8. The van der Waals surface area contributed by atoms with Crippen LogP contribution in [0.3, 0.4) is 0 Å². The summed E-state index contributed by atoms with van der Waals surface area (Å²) in [5.41, 5.74) is 4.12. The molecule has 2 atom stereocenters. The Labute approximate surface area is 208 Å². The van der Waals surface area contributed by atoms with Gasteiger partial charge in [0.1, 0.15) is 6.04 Å². The minimum absolute atomic E-state index is 0.133. The predicted molar refractivity (Wildman–Crippen MR) is 133 cm³/mol. The van der Waals surface area contributed by atoms with Crippen molar-refractivity contribution in [2.45, 2.75) is 32.0 Å². The number of hydrogen-bond donors (Lipinski definition) is 6. The predicted octanol–water partition coefficient (Wildman–Crippen LogP) is 1.15. The van der Waals surface area contributed by atoms with Gasteiger partial charge in [-0.1, -0.05) is 24.3 Å². The molecule has 0 aliphatic carbocycles. The average molecular weight is 495 g/mol. The van der Waals surface area contributed by atoms with Crippen LogP contribution in [0.25, 0.3) is 11.1 Å². The fourth-order valence-electron chi connectivity index (χ4n) is 3.47. The van der Waals surface area contributed by atoms with Gasteiger partial charge in [-0.25, -0.2) is 10.5 Å². The third-order valence-electron chi connectivity index (χ3n) is 5.43. The second-order valence-corrected chi connectivity index (χ2v) is 8.20. The first-order chi connectivity index (χ1) is 17.4. The van der Waals surface area contributed by atoms with Crippen molar-refractivity contribution < 1.29 is 24.7 Å². The molecule has 0 fully saturated rings. The van der Waals surface area contributed by atoms with Crippen LogP contribution in [0.4, 0.5) is 5.69 Å². The molecule has 11 heteroatoms. The number of aliphatic hydroxyl groups excluding tert-OH is 1. The fourth-order valence-corrected chi connectivity index (χ4v) is 3.47. The monoisotopic (exact) mass is 494 g/mol. The summed E-state index contributed by atoms with van der Waals surface area (Å²) in [6, 6.07) is 12.7.